The second kappa shape index (κ2) is 12.9. The van der Waals surface area contributed by atoms with Gasteiger partial charge in [-0.3, -0.25) is 4.79 Å². The van der Waals surface area contributed by atoms with Crippen LogP contribution in [0.25, 0.3) is 16.0 Å². The minimum Gasteiger partial charge on any atom is -0.380 e. The van der Waals surface area contributed by atoms with Crippen molar-refractivity contribution in [1.82, 2.24) is 29.2 Å². The lowest BCUT2D eigenvalue weighted by atomic mass is 10.1. The Morgan fingerprint density at radius 1 is 1.18 bits per heavy atom. The lowest BCUT2D eigenvalue weighted by Crippen LogP contribution is -2.53. The maximum atomic E-state index is 14.7. The van der Waals surface area contributed by atoms with Crippen molar-refractivity contribution < 1.29 is 31.5 Å². The molecule has 0 unspecified atom stereocenters. The van der Waals surface area contributed by atoms with Gasteiger partial charge in [0.1, 0.15) is 12.3 Å². The van der Waals surface area contributed by atoms with Crippen LogP contribution in [-0.4, -0.2) is 110 Å². The number of hydrogen-bond acceptors (Lipinski definition) is 11. The van der Waals surface area contributed by atoms with Crippen LogP contribution in [0.1, 0.15) is 48.7 Å². The molecule has 2 aliphatic heterocycles. The molecule has 18 heteroatoms. The first kappa shape index (κ1) is 34.4. The number of sulfonamides is 1. The Kier molecular flexibility index (Phi) is 9.06. The van der Waals surface area contributed by atoms with Gasteiger partial charge in [-0.2, -0.15) is 14.7 Å². The Bertz CT molecular complexity index is 1890. The molecule has 2 saturated carbocycles. The van der Waals surface area contributed by atoms with E-state index in [2.05, 4.69) is 40.8 Å². The third-order valence-electron chi connectivity index (χ3n) is 9.65. The van der Waals surface area contributed by atoms with Crippen LogP contribution < -0.4 is 4.90 Å². The number of alkyl halides is 2. The van der Waals surface area contributed by atoms with Gasteiger partial charge >= 0.3 is 0 Å². The van der Waals surface area contributed by atoms with Gasteiger partial charge < -0.3 is 19.3 Å². The maximum Gasteiger partial charge on any atom is 0.291 e. The predicted octanol–water partition coefficient (Wildman–Crippen LogP) is 4.35. The van der Waals surface area contributed by atoms with E-state index < -0.39 is 35.1 Å². The number of hydrogen-bond donors (Lipinski definition) is 0. The molecule has 3 aromatic rings. The van der Waals surface area contributed by atoms with Crippen molar-refractivity contribution in [1.29, 1.82) is 5.26 Å². The molecular weight excluding hydrogens is 695 g/mol. The van der Waals surface area contributed by atoms with Crippen LogP contribution in [0.4, 0.5) is 14.5 Å². The van der Waals surface area contributed by atoms with Crippen LogP contribution in [0.3, 0.4) is 0 Å². The second-order valence-corrected chi connectivity index (χ2v) is 23.0. The molecule has 1 aromatic carbocycles. The number of fused-ring (bicyclic) bond motifs is 1. The van der Waals surface area contributed by atoms with Crippen molar-refractivity contribution in [3.8, 4) is 11.2 Å². The summed E-state index contributed by atoms with van der Waals surface area (Å²) in [4.78, 5) is 16.8. The molecule has 4 aliphatic rings. The number of carbonyl (C=O) groups excluding carboxylic acids is 1. The molecule has 4 fully saturated rings. The van der Waals surface area contributed by atoms with E-state index >= 15 is 0 Å². The van der Waals surface area contributed by atoms with Crippen LogP contribution in [0.2, 0.25) is 25.7 Å². The van der Waals surface area contributed by atoms with Crippen LogP contribution in [-0.2, 0) is 24.3 Å². The van der Waals surface area contributed by atoms with Gasteiger partial charge in [0.15, 0.2) is 5.01 Å². The van der Waals surface area contributed by atoms with Crippen molar-refractivity contribution in [2.75, 3.05) is 57.6 Å². The zero-order chi connectivity index (χ0) is 34.7. The van der Waals surface area contributed by atoms with Crippen LogP contribution >= 0.6 is 11.3 Å². The molecule has 264 valence electrons. The van der Waals surface area contributed by atoms with Crippen molar-refractivity contribution in [3.05, 3.63) is 22.8 Å². The number of nitriles is 1. The second-order valence-electron chi connectivity index (χ2n) is 14.5. The first-order valence-corrected chi connectivity index (χ1v) is 22.6. The molecule has 2 aliphatic carbocycles. The summed E-state index contributed by atoms with van der Waals surface area (Å²) >= 11 is 0.703. The number of anilines is 1. The molecule has 49 heavy (non-hydrogen) atoms. The van der Waals surface area contributed by atoms with Gasteiger partial charge in [0, 0.05) is 57.9 Å². The van der Waals surface area contributed by atoms with Crippen LogP contribution in [0, 0.1) is 17.2 Å². The molecule has 0 spiro atoms. The van der Waals surface area contributed by atoms with Gasteiger partial charge in [-0.05, 0) is 43.9 Å². The van der Waals surface area contributed by atoms with Gasteiger partial charge in [-0.15, -0.1) is 10.2 Å². The molecule has 1 amide bonds. The Labute approximate surface area is 288 Å². The quantitative estimate of drug-likeness (QED) is 0.141. The maximum absolute atomic E-state index is 14.7. The number of ether oxygens (including phenoxy) is 2. The van der Waals surface area contributed by atoms with Crippen molar-refractivity contribution in [3.63, 3.8) is 0 Å². The van der Waals surface area contributed by atoms with Crippen molar-refractivity contribution >= 4 is 51.9 Å². The molecule has 0 bridgehead atoms. The molecule has 0 radical (unpaired) electrons. The lowest BCUT2D eigenvalue weighted by Gasteiger charge is -2.39. The number of rotatable bonds is 13. The van der Waals surface area contributed by atoms with Crippen molar-refractivity contribution in [2.45, 2.75) is 74.1 Å². The van der Waals surface area contributed by atoms with E-state index in [1.165, 1.54) is 15.1 Å². The number of amides is 1. The minimum absolute atomic E-state index is 0.0565. The number of piperazine rings is 1. The summed E-state index contributed by atoms with van der Waals surface area (Å²) in [6.07, 6.45) is -0.251. The van der Waals surface area contributed by atoms with E-state index in [0.29, 0.717) is 81.4 Å². The molecule has 0 N–H and O–H groups in total. The smallest absolute Gasteiger partial charge is 0.291 e. The molecule has 7 rings (SSSR count). The normalized spacial score (nSPS) is 19.9. The molecule has 2 aromatic heterocycles. The fourth-order valence-corrected chi connectivity index (χ4v) is 9.32. The number of nitrogens with zero attached hydrogens (tertiary/aromatic N) is 8. The Hall–Kier alpha value is -3.08. The summed E-state index contributed by atoms with van der Waals surface area (Å²) in [5, 5.41) is 23.1. The van der Waals surface area contributed by atoms with Crippen molar-refractivity contribution in [2.24, 2.45) is 5.92 Å². The summed E-state index contributed by atoms with van der Waals surface area (Å²) in [6, 6.07) is 6.21. The third-order valence-corrected chi connectivity index (χ3v) is 14.1. The van der Waals surface area contributed by atoms with E-state index in [-0.39, 0.29) is 34.5 Å². The third kappa shape index (κ3) is 6.72. The standard InChI is InChI=1S/C31H40F2N8O5S2Si/c1-49(2,3)13-12-45-19-40(31(18-34)6-7-31)48(43,44)22-14-23(38-8-10-39(11-9-38)29(42)21-16-46-17-21)25-24(15-22)41(37-26(25)20-4-5-20)30-36-35-28(47-30)27(32)33/h14-15,20-21,27H,4-13,16-17,19H2,1-3H3. The SMILES string of the molecule is C[Si](C)(C)CCOCN(C1(C#N)CC1)S(=O)(=O)c1cc(N2CCN(C(=O)C3COC3)CC2)c2c(C3CC3)nn(-c3nnc(C(F)F)s3)c2c1. The van der Waals surface area contributed by atoms with E-state index in [4.69, 9.17) is 14.6 Å². The summed E-state index contributed by atoms with van der Waals surface area (Å²) in [5.74, 6) is 0.0461. The Morgan fingerprint density at radius 3 is 2.45 bits per heavy atom. The van der Waals surface area contributed by atoms with Gasteiger partial charge in [-0.25, -0.2) is 21.9 Å². The van der Waals surface area contributed by atoms with Crippen LogP contribution in [0.15, 0.2) is 17.0 Å². The molecular formula is C31H40F2N8O5S2Si. The molecule has 2 saturated heterocycles. The Morgan fingerprint density at radius 2 is 1.90 bits per heavy atom. The van der Waals surface area contributed by atoms with E-state index in [1.807, 2.05) is 4.90 Å². The molecule has 0 atom stereocenters. The first-order valence-electron chi connectivity index (χ1n) is 16.6. The van der Waals surface area contributed by atoms with E-state index in [1.54, 1.807) is 6.07 Å². The molecule has 4 heterocycles. The molecule has 13 nitrogen and oxygen atoms in total. The van der Waals surface area contributed by atoms with E-state index in [9.17, 15) is 27.3 Å². The number of halogens is 2. The predicted molar refractivity (Wildman–Crippen MR) is 180 cm³/mol. The van der Waals surface area contributed by atoms with Gasteiger partial charge in [0.25, 0.3) is 6.43 Å². The summed E-state index contributed by atoms with van der Waals surface area (Å²) in [5.41, 5.74) is 0.565. The average molecular weight is 735 g/mol. The summed E-state index contributed by atoms with van der Waals surface area (Å²) < 4.78 is 70.3. The lowest BCUT2D eigenvalue weighted by molar-refractivity contribution is -0.150. The minimum atomic E-state index is -4.31. The van der Waals surface area contributed by atoms with Crippen LogP contribution in [0.5, 0.6) is 0 Å². The van der Waals surface area contributed by atoms with Gasteiger partial charge in [-0.1, -0.05) is 31.0 Å². The average Bonchev–Trinajstić information content (AvgIpc) is 3.95. The highest BCUT2D eigenvalue weighted by atomic mass is 32.2. The highest BCUT2D eigenvalue weighted by Gasteiger charge is 2.54. The summed E-state index contributed by atoms with van der Waals surface area (Å²) in [7, 11) is -5.77. The number of carbonyl (C=O) groups is 1. The van der Waals surface area contributed by atoms with Gasteiger partial charge in [0.05, 0.1) is 41.3 Å². The van der Waals surface area contributed by atoms with E-state index in [0.717, 1.165) is 30.0 Å². The Balaban J connectivity index is 1.32. The zero-order valence-corrected chi connectivity index (χ0v) is 30.4. The number of aromatic nitrogens is 4. The highest BCUT2D eigenvalue weighted by molar-refractivity contribution is 7.89. The zero-order valence-electron chi connectivity index (χ0n) is 27.8. The summed E-state index contributed by atoms with van der Waals surface area (Å²) in [6.45, 7) is 9.38. The monoisotopic (exact) mass is 734 g/mol. The highest BCUT2D eigenvalue weighted by Crippen LogP contribution is 2.48. The fourth-order valence-electron chi connectivity index (χ4n) is 6.23. The first-order chi connectivity index (χ1) is 23.3. The fraction of sp³-hybridized carbons (Fsp3) is 0.645. The number of benzene rings is 1. The topological polar surface area (TPSA) is 147 Å². The van der Waals surface area contributed by atoms with Gasteiger partial charge in [0.2, 0.25) is 21.1 Å². The largest absolute Gasteiger partial charge is 0.380 e.